The number of pyridine rings is 1. The number of carbonyl (C=O) groups excluding carboxylic acids is 1. The Hall–Kier alpha value is -2.36. The van der Waals surface area contributed by atoms with Crippen LogP contribution in [0, 0.1) is 13.8 Å². The monoisotopic (exact) mass is 312 g/mol. The van der Waals surface area contributed by atoms with E-state index in [-0.39, 0.29) is 18.6 Å². The minimum absolute atomic E-state index is 0.0319. The molecule has 1 aromatic heterocycles. The Labute approximate surface area is 138 Å². The van der Waals surface area contributed by atoms with E-state index >= 15 is 0 Å². The molecule has 1 unspecified atom stereocenters. The molecule has 4 heteroatoms. The van der Waals surface area contributed by atoms with Gasteiger partial charge in [0.2, 0.25) is 0 Å². The molecule has 0 radical (unpaired) electrons. The lowest BCUT2D eigenvalue weighted by molar-refractivity contribution is -0.134. The fourth-order valence-electron chi connectivity index (χ4n) is 2.55. The van der Waals surface area contributed by atoms with Gasteiger partial charge in [-0.1, -0.05) is 25.1 Å². The van der Waals surface area contributed by atoms with E-state index in [4.69, 9.17) is 4.74 Å². The Morgan fingerprint density at radius 1 is 1.22 bits per heavy atom. The first-order valence-corrected chi connectivity index (χ1v) is 7.90. The minimum atomic E-state index is -0.0524. The second-order valence-electron chi connectivity index (χ2n) is 5.67. The average Bonchev–Trinajstić information content (AvgIpc) is 2.57. The predicted molar refractivity (Wildman–Crippen MR) is 91.5 cm³/mol. The summed E-state index contributed by atoms with van der Waals surface area (Å²) in [7, 11) is 1.80. The molecule has 4 nitrogen and oxygen atoms in total. The molecule has 1 atom stereocenters. The van der Waals surface area contributed by atoms with Crippen molar-refractivity contribution >= 4 is 5.91 Å². The van der Waals surface area contributed by atoms with Gasteiger partial charge in [0, 0.05) is 13.2 Å². The Morgan fingerprint density at radius 3 is 2.65 bits per heavy atom. The summed E-state index contributed by atoms with van der Waals surface area (Å²) in [5.74, 6) is 0.709. The van der Waals surface area contributed by atoms with E-state index in [1.165, 1.54) is 0 Å². The number of amides is 1. The van der Waals surface area contributed by atoms with Crippen molar-refractivity contribution in [3.63, 3.8) is 0 Å². The standard InChI is InChI=1S/C19H24N2O2/c1-5-17(16-10-6-7-12-20-16)21(4)19(22)13-23-18-11-8-9-14(2)15(18)3/h6-12,17H,5,13H2,1-4H3. The van der Waals surface area contributed by atoms with Crippen molar-refractivity contribution in [2.45, 2.75) is 33.2 Å². The number of hydrogen-bond acceptors (Lipinski definition) is 3. The molecule has 2 rings (SSSR count). The molecule has 1 aromatic carbocycles. The van der Waals surface area contributed by atoms with Crippen LogP contribution in [0.15, 0.2) is 42.6 Å². The highest BCUT2D eigenvalue weighted by molar-refractivity contribution is 5.78. The zero-order chi connectivity index (χ0) is 16.8. The highest BCUT2D eigenvalue weighted by atomic mass is 16.5. The van der Waals surface area contributed by atoms with E-state index in [0.29, 0.717) is 0 Å². The summed E-state index contributed by atoms with van der Waals surface area (Å²) < 4.78 is 5.72. The molecule has 0 bridgehead atoms. The largest absolute Gasteiger partial charge is 0.483 e. The smallest absolute Gasteiger partial charge is 0.260 e. The first kappa shape index (κ1) is 17.0. The van der Waals surface area contributed by atoms with Gasteiger partial charge in [-0.3, -0.25) is 9.78 Å². The summed E-state index contributed by atoms with van der Waals surface area (Å²) in [4.78, 5) is 18.5. The zero-order valence-electron chi connectivity index (χ0n) is 14.2. The molecule has 0 N–H and O–H groups in total. The SMILES string of the molecule is CCC(c1ccccn1)N(C)C(=O)COc1cccc(C)c1C. The fraction of sp³-hybridized carbons (Fsp3) is 0.368. The highest BCUT2D eigenvalue weighted by Gasteiger charge is 2.21. The third-order valence-corrected chi connectivity index (χ3v) is 4.18. The molecule has 0 spiro atoms. The Kier molecular flexibility index (Phi) is 5.74. The fourth-order valence-corrected chi connectivity index (χ4v) is 2.55. The van der Waals surface area contributed by atoms with Crippen molar-refractivity contribution in [2.24, 2.45) is 0 Å². The van der Waals surface area contributed by atoms with Crippen molar-refractivity contribution in [1.29, 1.82) is 0 Å². The number of rotatable bonds is 6. The minimum Gasteiger partial charge on any atom is -0.483 e. The summed E-state index contributed by atoms with van der Waals surface area (Å²) in [6, 6.07) is 11.6. The highest BCUT2D eigenvalue weighted by Crippen LogP contribution is 2.23. The number of likely N-dealkylation sites (N-methyl/N-ethyl adjacent to an activating group) is 1. The Bertz CT molecular complexity index is 656. The number of carbonyl (C=O) groups is 1. The molecular formula is C19H24N2O2. The van der Waals surface area contributed by atoms with Crippen LogP contribution in [0.5, 0.6) is 5.75 Å². The molecule has 122 valence electrons. The maximum absolute atomic E-state index is 12.5. The lowest BCUT2D eigenvalue weighted by Gasteiger charge is -2.27. The van der Waals surface area contributed by atoms with Gasteiger partial charge in [0.05, 0.1) is 11.7 Å². The van der Waals surface area contributed by atoms with E-state index in [9.17, 15) is 4.79 Å². The van der Waals surface area contributed by atoms with Crippen molar-refractivity contribution in [3.05, 3.63) is 59.4 Å². The van der Waals surface area contributed by atoms with Crippen LogP contribution in [0.25, 0.3) is 0 Å². The Balaban J connectivity index is 2.03. The second-order valence-corrected chi connectivity index (χ2v) is 5.67. The van der Waals surface area contributed by atoms with Crippen molar-refractivity contribution in [2.75, 3.05) is 13.7 Å². The maximum Gasteiger partial charge on any atom is 0.260 e. The summed E-state index contributed by atoms with van der Waals surface area (Å²) in [6.07, 6.45) is 2.56. The number of aryl methyl sites for hydroxylation is 1. The molecule has 1 heterocycles. The number of hydrogen-bond donors (Lipinski definition) is 0. The number of benzene rings is 1. The molecule has 0 saturated heterocycles. The lowest BCUT2D eigenvalue weighted by atomic mass is 10.1. The van der Waals surface area contributed by atoms with Crippen LogP contribution >= 0.6 is 0 Å². The molecule has 1 amide bonds. The molecule has 0 fully saturated rings. The normalized spacial score (nSPS) is 11.8. The van der Waals surface area contributed by atoms with E-state index < -0.39 is 0 Å². The summed E-state index contributed by atoms with van der Waals surface area (Å²) in [6.45, 7) is 6.12. The quantitative estimate of drug-likeness (QED) is 0.817. The number of ether oxygens (including phenoxy) is 1. The molecule has 0 aliphatic rings. The summed E-state index contributed by atoms with van der Waals surface area (Å²) >= 11 is 0. The number of aromatic nitrogens is 1. The van der Waals surface area contributed by atoms with Gasteiger partial charge in [-0.25, -0.2) is 0 Å². The van der Waals surface area contributed by atoms with Gasteiger partial charge in [-0.15, -0.1) is 0 Å². The van der Waals surface area contributed by atoms with Crippen molar-refractivity contribution in [1.82, 2.24) is 9.88 Å². The van der Waals surface area contributed by atoms with Crippen LogP contribution in [0.3, 0.4) is 0 Å². The van der Waals surface area contributed by atoms with Crippen LogP contribution in [-0.2, 0) is 4.79 Å². The maximum atomic E-state index is 12.5. The van der Waals surface area contributed by atoms with Crippen LogP contribution in [0.2, 0.25) is 0 Å². The topological polar surface area (TPSA) is 42.4 Å². The zero-order valence-corrected chi connectivity index (χ0v) is 14.2. The van der Waals surface area contributed by atoms with Crippen LogP contribution in [0.4, 0.5) is 0 Å². The van der Waals surface area contributed by atoms with Crippen molar-refractivity contribution < 1.29 is 9.53 Å². The van der Waals surface area contributed by atoms with Crippen LogP contribution in [0.1, 0.15) is 36.2 Å². The molecule has 2 aromatic rings. The average molecular weight is 312 g/mol. The first-order valence-electron chi connectivity index (χ1n) is 7.90. The van der Waals surface area contributed by atoms with Crippen LogP contribution in [-0.4, -0.2) is 29.4 Å². The lowest BCUT2D eigenvalue weighted by Crippen LogP contribution is -2.35. The summed E-state index contributed by atoms with van der Waals surface area (Å²) in [5, 5.41) is 0. The third-order valence-electron chi connectivity index (χ3n) is 4.18. The van der Waals surface area contributed by atoms with Gasteiger partial charge < -0.3 is 9.64 Å². The molecule has 0 aliphatic heterocycles. The second kappa shape index (κ2) is 7.77. The summed E-state index contributed by atoms with van der Waals surface area (Å²) in [5.41, 5.74) is 3.13. The van der Waals surface area contributed by atoms with Gasteiger partial charge >= 0.3 is 0 Å². The predicted octanol–water partition coefficient (Wildman–Crippen LogP) is 3.69. The van der Waals surface area contributed by atoms with Gasteiger partial charge in [-0.2, -0.15) is 0 Å². The van der Waals surface area contributed by atoms with Crippen LogP contribution < -0.4 is 4.74 Å². The van der Waals surface area contributed by atoms with Gasteiger partial charge in [0.25, 0.3) is 5.91 Å². The van der Waals surface area contributed by atoms with E-state index in [1.807, 2.05) is 50.2 Å². The molecule has 23 heavy (non-hydrogen) atoms. The van der Waals surface area contributed by atoms with E-state index in [0.717, 1.165) is 29.0 Å². The van der Waals surface area contributed by atoms with E-state index in [2.05, 4.69) is 11.9 Å². The van der Waals surface area contributed by atoms with Gasteiger partial charge in [-0.05, 0) is 49.6 Å². The van der Waals surface area contributed by atoms with Gasteiger partial charge in [0.15, 0.2) is 6.61 Å². The van der Waals surface area contributed by atoms with Gasteiger partial charge in [0.1, 0.15) is 5.75 Å². The molecule has 0 aliphatic carbocycles. The Morgan fingerprint density at radius 2 is 2.00 bits per heavy atom. The van der Waals surface area contributed by atoms with E-state index in [1.54, 1.807) is 18.1 Å². The molecule has 0 saturated carbocycles. The third kappa shape index (κ3) is 4.09. The first-order chi connectivity index (χ1) is 11.0. The molecular weight excluding hydrogens is 288 g/mol. The number of nitrogens with zero attached hydrogens (tertiary/aromatic N) is 2. The van der Waals surface area contributed by atoms with Crippen molar-refractivity contribution in [3.8, 4) is 5.75 Å².